The molecule has 3 aromatic heterocycles. The van der Waals surface area contributed by atoms with Gasteiger partial charge in [0.1, 0.15) is 0 Å². The zero-order valence-corrected chi connectivity index (χ0v) is 21.3. The summed E-state index contributed by atoms with van der Waals surface area (Å²) in [4.78, 5) is 5.26. The van der Waals surface area contributed by atoms with Gasteiger partial charge >= 0.3 is 0 Å². The molecule has 0 aliphatic rings. The maximum Gasteiger partial charge on any atom is 0.0744 e. The van der Waals surface area contributed by atoms with Crippen molar-refractivity contribution in [1.82, 2.24) is 9.55 Å². The average Bonchev–Trinajstić information content (AvgIpc) is 3.53. The Morgan fingerprint density at radius 1 is 0.500 bits per heavy atom. The van der Waals surface area contributed by atoms with Gasteiger partial charge in [-0.25, -0.2) is 4.98 Å². The van der Waals surface area contributed by atoms with Gasteiger partial charge in [-0.15, -0.1) is 11.3 Å². The number of hydrogen-bond acceptors (Lipinski definition) is 2. The molecule has 178 valence electrons. The molecule has 3 heterocycles. The molecule has 0 saturated carbocycles. The summed E-state index contributed by atoms with van der Waals surface area (Å²) in [7, 11) is 0. The topological polar surface area (TPSA) is 17.8 Å². The molecule has 2 nitrogen and oxygen atoms in total. The largest absolute Gasteiger partial charge is 0.309 e. The minimum atomic E-state index is 0.970. The number of nitrogens with zero attached hydrogens (tertiary/aromatic N) is 2. The lowest BCUT2D eigenvalue weighted by molar-refractivity contribution is 1.16. The lowest BCUT2D eigenvalue weighted by atomic mass is 10.0. The summed E-state index contributed by atoms with van der Waals surface area (Å²) in [6.45, 7) is 0. The van der Waals surface area contributed by atoms with E-state index in [9.17, 15) is 0 Å². The summed E-state index contributed by atoms with van der Waals surface area (Å²) in [5.41, 5.74) is 7.75. The van der Waals surface area contributed by atoms with Gasteiger partial charge < -0.3 is 4.57 Å². The maximum atomic E-state index is 5.26. The number of aromatic nitrogens is 2. The zero-order chi connectivity index (χ0) is 25.1. The lowest BCUT2D eigenvalue weighted by Gasteiger charge is -2.13. The SMILES string of the molecule is c1ccc(-c2cc(-n3c4ccccc4c4ccccc43)cc(-c3cccc4c3sc3ccccc34)n2)cc1. The van der Waals surface area contributed by atoms with Gasteiger partial charge in [0.2, 0.25) is 0 Å². The number of hydrogen-bond donors (Lipinski definition) is 0. The van der Waals surface area contributed by atoms with Crippen molar-refractivity contribution in [2.75, 3.05) is 0 Å². The molecule has 8 aromatic rings. The van der Waals surface area contributed by atoms with E-state index in [0.29, 0.717) is 0 Å². The summed E-state index contributed by atoms with van der Waals surface area (Å²) in [5.74, 6) is 0. The van der Waals surface area contributed by atoms with Crippen LogP contribution in [0.3, 0.4) is 0 Å². The van der Waals surface area contributed by atoms with Crippen LogP contribution >= 0.6 is 11.3 Å². The number of thiophene rings is 1. The molecule has 38 heavy (non-hydrogen) atoms. The van der Waals surface area contributed by atoms with Gasteiger partial charge in [-0.2, -0.15) is 0 Å². The summed E-state index contributed by atoms with van der Waals surface area (Å²) < 4.78 is 4.96. The van der Waals surface area contributed by atoms with Crippen LogP contribution < -0.4 is 0 Å². The van der Waals surface area contributed by atoms with Crippen molar-refractivity contribution >= 4 is 53.3 Å². The van der Waals surface area contributed by atoms with Crippen molar-refractivity contribution in [3.05, 3.63) is 133 Å². The van der Waals surface area contributed by atoms with Crippen LogP contribution in [0.25, 0.3) is 70.2 Å². The molecule has 0 fully saturated rings. The van der Waals surface area contributed by atoms with Crippen molar-refractivity contribution in [3.8, 4) is 28.2 Å². The number of fused-ring (bicyclic) bond motifs is 6. The molecule has 0 saturated heterocycles. The van der Waals surface area contributed by atoms with Crippen LogP contribution in [0.5, 0.6) is 0 Å². The molecule has 0 aliphatic heterocycles. The van der Waals surface area contributed by atoms with E-state index in [2.05, 4.69) is 138 Å². The van der Waals surface area contributed by atoms with E-state index < -0.39 is 0 Å². The van der Waals surface area contributed by atoms with Crippen molar-refractivity contribution in [2.45, 2.75) is 0 Å². The van der Waals surface area contributed by atoms with Crippen molar-refractivity contribution in [1.29, 1.82) is 0 Å². The summed E-state index contributed by atoms with van der Waals surface area (Å²) in [5, 5.41) is 5.10. The Morgan fingerprint density at radius 3 is 1.87 bits per heavy atom. The van der Waals surface area contributed by atoms with Gasteiger partial charge in [-0.1, -0.05) is 103 Å². The minimum absolute atomic E-state index is 0.970. The van der Waals surface area contributed by atoms with E-state index in [4.69, 9.17) is 4.98 Å². The quantitative estimate of drug-likeness (QED) is 0.235. The van der Waals surface area contributed by atoms with Crippen LogP contribution in [-0.2, 0) is 0 Å². The molecular formula is C35H22N2S. The minimum Gasteiger partial charge on any atom is -0.309 e. The maximum absolute atomic E-state index is 5.26. The second-order valence-electron chi connectivity index (χ2n) is 9.61. The highest BCUT2D eigenvalue weighted by Gasteiger charge is 2.17. The number of benzene rings is 5. The fourth-order valence-electron chi connectivity index (χ4n) is 5.69. The van der Waals surface area contributed by atoms with Gasteiger partial charge in [0, 0.05) is 42.1 Å². The smallest absolute Gasteiger partial charge is 0.0744 e. The third kappa shape index (κ3) is 3.22. The Labute approximate surface area is 224 Å². The fourth-order valence-corrected chi connectivity index (χ4v) is 6.91. The highest BCUT2D eigenvalue weighted by molar-refractivity contribution is 7.26. The molecule has 0 spiro atoms. The molecule has 3 heteroatoms. The van der Waals surface area contributed by atoms with Gasteiger partial charge in [0.25, 0.3) is 0 Å². The first-order valence-corrected chi connectivity index (χ1v) is 13.6. The van der Waals surface area contributed by atoms with E-state index in [1.165, 1.54) is 47.5 Å². The molecule has 8 rings (SSSR count). The Bertz CT molecular complexity index is 2080. The van der Waals surface area contributed by atoms with Crippen LogP contribution in [0.15, 0.2) is 133 Å². The van der Waals surface area contributed by atoms with Crippen LogP contribution in [0, 0.1) is 0 Å². The Balaban J connectivity index is 1.47. The Kier molecular flexibility index (Phi) is 4.73. The van der Waals surface area contributed by atoms with Crippen molar-refractivity contribution < 1.29 is 0 Å². The summed E-state index contributed by atoms with van der Waals surface area (Å²) in [6.07, 6.45) is 0. The van der Waals surface area contributed by atoms with Crippen molar-refractivity contribution in [3.63, 3.8) is 0 Å². The highest BCUT2D eigenvalue weighted by atomic mass is 32.1. The number of pyridine rings is 1. The molecule has 0 amide bonds. The standard InChI is InChI=1S/C35H22N2S/c1-2-11-23(12-3-1)30-21-24(37-32-18-7-4-13-25(32)26-14-5-8-19-33(26)37)22-31(36-30)29-17-10-16-28-27-15-6-9-20-34(27)38-35(28)29/h1-22H. The lowest BCUT2D eigenvalue weighted by Crippen LogP contribution is -1.98. The van der Waals surface area contributed by atoms with E-state index >= 15 is 0 Å². The molecule has 0 radical (unpaired) electrons. The highest BCUT2D eigenvalue weighted by Crippen LogP contribution is 2.41. The van der Waals surface area contributed by atoms with Gasteiger partial charge in [-0.3, -0.25) is 0 Å². The molecule has 0 N–H and O–H groups in total. The van der Waals surface area contributed by atoms with Crippen molar-refractivity contribution in [2.24, 2.45) is 0 Å². The Hall–Kier alpha value is -4.73. The van der Waals surface area contributed by atoms with E-state index in [-0.39, 0.29) is 0 Å². The molecular weight excluding hydrogens is 480 g/mol. The zero-order valence-electron chi connectivity index (χ0n) is 20.5. The molecule has 5 aromatic carbocycles. The first-order valence-electron chi connectivity index (χ1n) is 12.8. The second kappa shape index (κ2) is 8.41. The summed E-state index contributed by atoms with van der Waals surface area (Å²) >= 11 is 1.85. The summed E-state index contributed by atoms with van der Waals surface area (Å²) in [6, 6.07) is 47.6. The predicted molar refractivity (Wildman–Crippen MR) is 162 cm³/mol. The van der Waals surface area contributed by atoms with Crippen LogP contribution in [0.4, 0.5) is 0 Å². The molecule has 0 aliphatic carbocycles. The van der Waals surface area contributed by atoms with Crippen LogP contribution in [0.2, 0.25) is 0 Å². The molecule has 0 atom stereocenters. The van der Waals surface area contributed by atoms with Gasteiger partial charge in [0.05, 0.1) is 28.1 Å². The Morgan fingerprint density at radius 2 is 1.11 bits per heavy atom. The fraction of sp³-hybridized carbons (Fsp3) is 0. The predicted octanol–water partition coefficient (Wildman–Crippen LogP) is 9.88. The number of rotatable bonds is 3. The monoisotopic (exact) mass is 502 g/mol. The average molecular weight is 503 g/mol. The molecule has 0 unspecified atom stereocenters. The molecule has 0 bridgehead atoms. The van der Waals surface area contributed by atoms with Crippen LogP contribution in [0.1, 0.15) is 0 Å². The first-order chi connectivity index (χ1) is 18.8. The third-order valence-corrected chi connectivity index (χ3v) is 8.62. The van der Waals surface area contributed by atoms with E-state index in [1.807, 2.05) is 11.3 Å². The van der Waals surface area contributed by atoms with Gasteiger partial charge in [0.15, 0.2) is 0 Å². The van der Waals surface area contributed by atoms with E-state index in [1.54, 1.807) is 0 Å². The van der Waals surface area contributed by atoms with E-state index in [0.717, 1.165) is 22.6 Å². The first kappa shape index (κ1) is 21.4. The van der Waals surface area contributed by atoms with Crippen LogP contribution in [-0.4, -0.2) is 9.55 Å². The number of para-hydroxylation sites is 2. The second-order valence-corrected chi connectivity index (χ2v) is 10.7. The normalized spacial score (nSPS) is 11.7. The third-order valence-electron chi connectivity index (χ3n) is 7.40. The van der Waals surface area contributed by atoms with Gasteiger partial charge in [-0.05, 0) is 30.3 Å².